The Labute approximate surface area is 145 Å². The van der Waals surface area contributed by atoms with Gasteiger partial charge in [-0.15, -0.1) is 0 Å². The van der Waals surface area contributed by atoms with Crippen molar-refractivity contribution < 1.29 is 14.4 Å². The summed E-state index contributed by atoms with van der Waals surface area (Å²) >= 11 is 0. The number of primary amides is 1. The quantitative estimate of drug-likeness (QED) is 0.654. The number of benzene rings is 2. The van der Waals surface area contributed by atoms with Crippen molar-refractivity contribution in [1.82, 2.24) is 4.90 Å². The summed E-state index contributed by atoms with van der Waals surface area (Å²) in [4.78, 5) is 36.0. The Morgan fingerprint density at radius 3 is 2.44 bits per heavy atom. The predicted octanol–water partition coefficient (Wildman–Crippen LogP) is 1.70. The molecule has 4 N–H and O–H groups in total. The maximum absolute atomic E-state index is 12.5. The number of aldehydes is 1. The van der Waals surface area contributed by atoms with E-state index in [0.29, 0.717) is 11.1 Å². The lowest BCUT2D eigenvalue weighted by molar-refractivity contribution is -0.115. The van der Waals surface area contributed by atoms with Gasteiger partial charge in [0.25, 0.3) is 11.8 Å². The fraction of sp³-hybridized carbons (Fsp3) is 0.105. The standard InChI is InChI=1S/C18H14N2O3.CH5N/c1-11(17(19)22)20-9-16-14(6-3-7-15(16)18(20)23)13-5-2-4-12(8-13)10-21;1-2/h2-8,10H,1,9H2,(H2,19,22);2H2,1H3. The van der Waals surface area contributed by atoms with Crippen molar-refractivity contribution in [3.05, 3.63) is 71.4 Å². The van der Waals surface area contributed by atoms with Gasteiger partial charge in [-0.05, 0) is 35.9 Å². The monoisotopic (exact) mass is 337 g/mol. The molecular weight excluding hydrogens is 318 g/mol. The van der Waals surface area contributed by atoms with Crippen LogP contribution in [0.3, 0.4) is 0 Å². The summed E-state index contributed by atoms with van der Waals surface area (Å²) in [5, 5.41) is 0. The van der Waals surface area contributed by atoms with E-state index < -0.39 is 5.91 Å². The van der Waals surface area contributed by atoms with Crippen molar-refractivity contribution in [2.45, 2.75) is 6.54 Å². The van der Waals surface area contributed by atoms with Crippen LogP contribution in [0.15, 0.2) is 54.7 Å². The van der Waals surface area contributed by atoms with Gasteiger partial charge in [-0.25, -0.2) is 0 Å². The van der Waals surface area contributed by atoms with Gasteiger partial charge in [0, 0.05) is 11.1 Å². The molecule has 0 saturated heterocycles. The molecule has 2 amide bonds. The zero-order chi connectivity index (χ0) is 18.6. The number of nitrogens with zero attached hydrogens (tertiary/aromatic N) is 1. The van der Waals surface area contributed by atoms with E-state index in [2.05, 4.69) is 12.3 Å². The molecule has 25 heavy (non-hydrogen) atoms. The second-order valence-corrected chi connectivity index (χ2v) is 5.28. The molecule has 2 aromatic carbocycles. The normalized spacial score (nSPS) is 12.1. The first-order valence-corrected chi connectivity index (χ1v) is 7.58. The SMILES string of the molecule is C=C(C(N)=O)N1Cc2c(cccc2-c2cccc(C=O)c2)C1=O.CN. The third kappa shape index (κ3) is 3.34. The number of carbonyl (C=O) groups excluding carboxylic acids is 3. The van der Waals surface area contributed by atoms with Crippen LogP contribution < -0.4 is 11.5 Å². The Morgan fingerprint density at radius 1 is 1.16 bits per heavy atom. The van der Waals surface area contributed by atoms with Crippen LogP contribution in [0, 0.1) is 0 Å². The number of carbonyl (C=O) groups is 3. The van der Waals surface area contributed by atoms with E-state index in [1.807, 2.05) is 12.1 Å². The van der Waals surface area contributed by atoms with E-state index in [1.165, 1.54) is 11.9 Å². The molecule has 0 unspecified atom stereocenters. The molecular formula is C19H19N3O3. The number of amides is 2. The molecule has 6 nitrogen and oxygen atoms in total. The maximum atomic E-state index is 12.5. The van der Waals surface area contributed by atoms with Crippen molar-refractivity contribution in [2.24, 2.45) is 11.5 Å². The van der Waals surface area contributed by atoms with Crippen LogP contribution in [0.2, 0.25) is 0 Å². The van der Waals surface area contributed by atoms with Gasteiger partial charge in [-0.2, -0.15) is 0 Å². The van der Waals surface area contributed by atoms with Crippen LogP contribution in [0.4, 0.5) is 0 Å². The maximum Gasteiger partial charge on any atom is 0.264 e. The second-order valence-electron chi connectivity index (χ2n) is 5.28. The van der Waals surface area contributed by atoms with Crippen molar-refractivity contribution in [1.29, 1.82) is 0 Å². The summed E-state index contributed by atoms with van der Waals surface area (Å²) in [6.07, 6.45) is 0.777. The Bertz CT molecular complexity index is 859. The van der Waals surface area contributed by atoms with E-state index in [1.54, 1.807) is 30.3 Å². The largest absolute Gasteiger partial charge is 0.364 e. The highest BCUT2D eigenvalue weighted by Crippen LogP contribution is 2.34. The minimum absolute atomic E-state index is 0.0289. The zero-order valence-electron chi connectivity index (χ0n) is 13.9. The molecule has 2 aromatic rings. The second kappa shape index (κ2) is 7.55. The van der Waals surface area contributed by atoms with Gasteiger partial charge in [0.15, 0.2) is 0 Å². The number of nitrogens with two attached hydrogens (primary N) is 2. The Balaban J connectivity index is 0.00000109. The predicted molar refractivity (Wildman–Crippen MR) is 95.6 cm³/mol. The van der Waals surface area contributed by atoms with Crippen molar-refractivity contribution in [3.63, 3.8) is 0 Å². The first-order chi connectivity index (χ1) is 12.0. The number of rotatable bonds is 4. The molecule has 0 atom stereocenters. The van der Waals surface area contributed by atoms with E-state index in [9.17, 15) is 14.4 Å². The van der Waals surface area contributed by atoms with E-state index in [-0.39, 0.29) is 18.1 Å². The van der Waals surface area contributed by atoms with Crippen LogP contribution >= 0.6 is 0 Å². The summed E-state index contributed by atoms with van der Waals surface area (Å²) < 4.78 is 0. The van der Waals surface area contributed by atoms with Gasteiger partial charge in [0.1, 0.15) is 12.0 Å². The van der Waals surface area contributed by atoms with Gasteiger partial charge in [0.2, 0.25) is 0 Å². The van der Waals surface area contributed by atoms with Gasteiger partial charge < -0.3 is 11.5 Å². The Morgan fingerprint density at radius 2 is 1.80 bits per heavy atom. The van der Waals surface area contributed by atoms with Crippen LogP contribution in [0.25, 0.3) is 11.1 Å². The summed E-state index contributed by atoms with van der Waals surface area (Å²) in [7, 11) is 1.50. The number of fused-ring (bicyclic) bond motifs is 1. The highest BCUT2D eigenvalue weighted by atomic mass is 16.2. The molecule has 0 aliphatic carbocycles. The Hall–Kier alpha value is -3.25. The topological polar surface area (TPSA) is 106 Å². The van der Waals surface area contributed by atoms with Crippen molar-refractivity contribution >= 4 is 18.1 Å². The number of hydrogen-bond donors (Lipinski definition) is 2. The first kappa shape index (κ1) is 18.1. The van der Waals surface area contributed by atoms with Crippen molar-refractivity contribution in [2.75, 3.05) is 7.05 Å². The third-order valence-corrected chi connectivity index (χ3v) is 3.91. The molecule has 0 bridgehead atoms. The fourth-order valence-corrected chi connectivity index (χ4v) is 2.73. The third-order valence-electron chi connectivity index (χ3n) is 3.91. The molecule has 128 valence electrons. The highest BCUT2D eigenvalue weighted by molar-refractivity contribution is 6.06. The van der Waals surface area contributed by atoms with Crippen LogP contribution in [-0.4, -0.2) is 30.0 Å². The van der Waals surface area contributed by atoms with E-state index in [0.717, 1.165) is 23.0 Å². The lowest BCUT2D eigenvalue weighted by Gasteiger charge is -2.15. The van der Waals surface area contributed by atoms with Crippen LogP contribution in [-0.2, 0) is 11.3 Å². The van der Waals surface area contributed by atoms with Crippen LogP contribution in [0.1, 0.15) is 26.3 Å². The van der Waals surface area contributed by atoms with E-state index >= 15 is 0 Å². The molecule has 0 radical (unpaired) electrons. The summed E-state index contributed by atoms with van der Waals surface area (Å²) in [6, 6.07) is 12.5. The van der Waals surface area contributed by atoms with Gasteiger partial charge >= 0.3 is 0 Å². The molecule has 1 heterocycles. The molecule has 1 aliphatic heterocycles. The molecule has 0 spiro atoms. The average Bonchev–Trinajstić information content (AvgIpc) is 2.99. The van der Waals surface area contributed by atoms with Gasteiger partial charge in [-0.1, -0.05) is 36.9 Å². The lowest BCUT2D eigenvalue weighted by atomic mass is 9.96. The molecule has 0 fully saturated rings. The van der Waals surface area contributed by atoms with E-state index in [4.69, 9.17) is 5.73 Å². The van der Waals surface area contributed by atoms with Gasteiger partial charge in [-0.3, -0.25) is 19.3 Å². The summed E-state index contributed by atoms with van der Waals surface area (Å²) in [6.45, 7) is 3.82. The average molecular weight is 337 g/mol. The number of hydrogen-bond acceptors (Lipinski definition) is 4. The summed E-state index contributed by atoms with van der Waals surface area (Å²) in [5.41, 5.74) is 13.3. The molecule has 0 saturated carbocycles. The minimum Gasteiger partial charge on any atom is -0.364 e. The lowest BCUT2D eigenvalue weighted by Crippen LogP contribution is -2.30. The fourth-order valence-electron chi connectivity index (χ4n) is 2.73. The van der Waals surface area contributed by atoms with Crippen molar-refractivity contribution in [3.8, 4) is 11.1 Å². The summed E-state index contributed by atoms with van der Waals surface area (Å²) in [5.74, 6) is -1.02. The smallest absolute Gasteiger partial charge is 0.264 e. The van der Waals surface area contributed by atoms with Crippen LogP contribution in [0.5, 0.6) is 0 Å². The first-order valence-electron chi connectivity index (χ1n) is 7.58. The Kier molecular flexibility index (Phi) is 5.46. The molecule has 3 rings (SSSR count). The molecule has 1 aliphatic rings. The molecule has 0 aromatic heterocycles. The molecule has 6 heteroatoms. The zero-order valence-corrected chi connectivity index (χ0v) is 13.9. The highest BCUT2D eigenvalue weighted by Gasteiger charge is 2.32. The minimum atomic E-state index is -0.726. The van der Waals surface area contributed by atoms with Gasteiger partial charge in [0.05, 0.1) is 6.54 Å².